The van der Waals surface area contributed by atoms with E-state index >= 15 is 0 Å². The molecule has 0 radical (unpaired) electrons. The summed E-state index contributed by atoms with van der Waals surface area (Å²) in [7, 11) is 0. The largest absolute Gasteiger partial charge is 0.409 e. The number of piperidine rings is 1. The Morgan fingerprint density at radius 3 is 2.65 bits per heavy atom. The Hall–Kier alpha value is -1.55. The van der Waals surface area contributed by atoms with Crippen LogP contribution in [-0.4, -0.2) is 35.6 Å². The van der Waals surface area contributed by atoms with Gasteiger partial charge in [-0.05, 0) is 30.4 Å². The fourth-order valence-electron chi connectivity index (χ4n) is 2.90. The molecule has 2 rings (SSSR count). The minimum atomic E-state index is -0.0400. The van der Waals surface area contributed by atoms with Gasteiger partial charge in [-0.1, -0.05) is 49.3 Å². The Morgan fingerprint density at radius 1 is 1.35 bits per heavy atom. The molecule has 1 fully saturated rings. The van der Waals surface area contributed by atoms with Crippen LogP contribution in [0.3, 0.4) is 0 Å². The van der Waals surface area contributed by atoms with Crippen molar-refractivity contribution in [2.75, 3.05) is 19.6 Å². The van der Waals surface area contributed by atoms with Gasteiger partial charge in [0.2, 0.25) is 0 Å². The van der Waals surface area contributed by atoms with Crippen LogP contribution in [0.2, 0.25) is 0 Å². The third-order valence-electron chi connectivity index (χ3n) is 4.53. The molecule has 110 valence electrons. The molecule has 0 aliphatic carbocycles. The summed E-state index contributed by atoms with van der Waals surface area (Å²) in [5.41, 5.74) is 7.01. The lowest BCUT2D eigenvalue weighted by Gasteiger charge is -2.37. The molecule has 3 atom stereocenters. The van der Waals surface area contributed by atoms with Gasteiger partial charge in [-0.2, -0.15) is 0 Å². The number of oxime groups is 1. The van der Waals surface area contributed by atoms with Crippen LogP contribution < -0.4 is 5.73 Å². The van der Waals surface area contributed by atoms with E-state index < -0.39 is 0 Å². The van der Waals surface area contributed by atoms with Crippen molar-refractivity contribution >= 4 is 5.84 Å². The van der Waals surface area contributed by atoms with Gasteiger partial charge in [0, 0.05) is 13.1 Å². The van der Waals surface area contributed by atoms with E-state index in [9.17, 15) is 0 Å². The van der Waals surface area contributed by atoms with Crippen molar-refractivity contribution in [3.63, 3.8) is 0 Å². The second-order valence-electron chi connectivity index (χ2n) is 5.99. The van der Waals surface area contributed by atoms with Crippen molar-refractivity contribution < 1.29 is 5.21 Å². The SMILES string of the molecule is CC1CCN(CC(/C(N)=N/O)c2ccccc2)CC1C. The molecule has 1 aromatic rings. The average molecular weight is 275 g/mol. The third-order valence-corrected chi connectivity index (χ3v) is 4.53. The van der Waals surface area contributed by atoms with Gasteiger partial charge in [0.15, 0.2) is 0 Å². The molecule has 0 bridgehead atoms. The molecule has 3 unspecified atom stereocenters. The molecule has 3 N–H and O–H groups in total. The van der Waals surface area contributed by atoms with Crippen LogP contribution in [0.1, 0.15) is 31.7 Å². The quantitative estimate of drug-likeness (QED) is 0.384. The van der Waals surface area contributed by atoms with Gasteiger partial charge < -0.3 is 15.8 Å². The predicted octanol–water partition coefficient (Wildman–Crippen LogP) is 2.49. The summed E-state index contributed by atoms with van der Waals surface area (Å²) < 4.78 is 0. The molecule has 1 heterocycles. The highest BCUT2D eigenvalue weighted by atomic mass is 16.4. The summed E-state index contributed by atoms with van der Waals surface area (Å²) in [4.78, 5) is 2.43. The molecule has 1 saturated heterocycles. The van der Waals surface area contributed by atoms with Crippen LogP contribution in [0.4, 0.5) is 0 Å². The van der Waals surface area contributed by atoms with Gasteiger partial charge in [0.1, 0.15) is 5.84 Å². The van der Waals surface area contributed by atoms with Gasteiger partial charge in [-0.25, -0.2) is 0 Å². The Morgan fingerprint density at radius 2 is 2.05 bits per heavy atom. The Kier molecular flexibility index (Phi) is 5.01. The van der Waals surface area contributed by atoms with Gasteiger partial charge in [-0.15, -0.1) is 0 Å². The monoisotopic (exact) mass is 275 g/mol. The Bertz CT molecular complexity index is 446. The standard InChI is InChI=1S/C16H25N3O/c1-12-8-9-19(10-13(12)2)11-15(16(17)18-20)14-6-4-3-5-7-14/h3-7,12-13,15,20H,8-11H2,1-2H3,(H2,17,18). The van der Waals surface area contributed by atoms with E-state index in [1.54, 1.807) is 0 Å². The lowest BCUT2D eigenvalue weighted by molar-refractivity contribution is 0.137. The van der Waals surface area contributed by atoms with Gasteiger partial charge in [0.25, 0.3) is 0 Å². The maximum atomic E-state index is 9.03. The predicted molar refractivity (Wildman–Crippen MR) is 82.0 cm³/mol. The minimum absolute atomic E-state index is 0.0400. The van der Waals surface area contributed by atoms with Crippen LogP contribution in [0.5, 0.6) is 0 Å². The van der Waals surface area contributed by atoms with E-state index in [1.165, 1.54) is 6.42 Å². The zero-order valence-electron chi connectivity index (χ0n) is 12.4. The number of amidine groups is 1. The van der Waals surface area contributed by atoms with Crippen LogP contribution in [0, 0.1) is 11.8 Å². The first kappa shape index (κ1) is 14.9. The number of nitrogens with two attached hydrogens (primary N) is 1. The van der Waals surface area contributed by atoms with Crippen molar-refractivity contribution in [2.24, 2.45) is 22.7 Å². The lowest BCUT2D eigenvalue weighted by atomic mass is 9.87. The van der Waals surface area contributed by atoms with E-state index in [-0.39, 0.29) is 5.92 Å². The summed E-state index contributed by atoms with van der Waals surface area (Å²) in [5, 5.41) is 12.3. The normalized spacial score (nSPS) is 26.4. The van der Waals surface area contributed by atoms with Crippen LogP contribution in [-0.2, 0) is 0 Å². The average Bonchev–Trinajstić information content (AvgIpc) is 2.48. The number of nitrogens with zero attached hydrogens (tertiary/aromatic N) is 2. The molecule has 1 aromatic carbocycles. The first-order valence-corrected chi connectivity index (χ1v) is 7.36. The van der Waals surface area contributed by atoms with E-state index in [0.29, 0.717) is 11.8 Å². The van der Waals surface area contributed by atoms with Crippen LogP contribution in [0.25, 0.3) is 0 Å². The molecule has 0 spiro atoms. The highest BCUT2D eigenvalue weighted by Crippen LogP contribution is 2.25. The van der Waals surface area contributed by atoms with E-state index in [1.807, 2.05) is 30.3 Å². The molecule has 1 aliphatic heterocycles. The molecule has 0 aromatic heterocycles. The van der Waals surface area contributed by atoms with Crippen LogP contribution in [0.15, 0.2) is 35.5 Å². The maximum absolute atomic E-state index is 9.03. The second kappa shape index (κ2) is 6.75. The number of likely N-dealkylation sites (tertiary alicyclic amines) is 1. The van der Waals surface area contributed by atoms with Crippen molar-refractivity contribution in [3.8, 4) is 0 Å². The molecule has 1 aliphatic rings. The number of benzene rings is 1. The molecular formula is C16H25N3O. The van der Waals surface area contributed by atoms with Crippen molar-refractivity contribution in [2.45, 2.75) is 26.2 Å². The summed E-state index contributed by atoms with van der Waals surface area (Å²) in [5.74, 6) is 1.74. The second-order valence-corrected chi connectivity index (χ2v) is 5.99. The van der Waals surface area contributed by atoms with Crippen LogP contribution >= 0.6 is 0 Å². The zero-order valence-corrected chi connectivity index (χ0v) is 12.4. The fourth-order valence-corrected chi connectivity index (χ4v) is 2.90. The first-order chi connectivity index (χ1) is 9.61. The van der Waals surface area contributed by atoms with Crippen molar-refractivity contribution in [3.05, 3.63) is 35.9 Å². The third kappa shape index (κ3) is 3.51. The van der Waals surface area contributed by atoms with Gasteiger partial charge in [-0.3, -0.25) is 0 Å². The highest BCUT2D eigenvalue weighted by molar-refractivity contribution is 5.87. The first-order valence-electron chi connectivity index (χ1n) is 7.36. The van der Waals surface area contributed by atoms with Crippen molar-refractivity contribution in [1.29, 1.82) is 0 Å². The number of hydrogen-bond donors (Lipinski definition) is 2. The maximum Gasteiger partial charge on any atom is 0.147 e. The summed E-state index contributed by atoms with van der Waals surface area (Å²) >= 11 is 0. The highest BCUT2D eigenvalue weighted by Gasteiger charge is 2.26. The smallest absolute Gasteiger partial charge is 0.147 e. The molecule has 0 amide bonds. The summed E-state index contributed by atoms with van der Waals surface area (Å²) in [6, 6.07) is 10.1. The Labute approximate surface area is 121 Å². The van der Waals surface area contributed by atoms with E-state index in [2.05, 4.69) is 23.9 Å². The topological polar surface area (TPSA) is 61.8 Å². The molecule has 0 saturated carbocycles. The van der Waals surface area contributed by atoms with Crippen molar-refractivity contribution in [1.82, 2.24) is 4.90 Å². The van der Waals surface area contributed by atoms with Gasteiger partial charge in [0.05, 0.1) is 5.92 Å². The minimum Gasteiger partial charge on any atom is -0.409 e. The molecular weight excluding hydrogens is 250 g/mol. The fraction of sp³-hybridized carbons (Fsp3) is 0.562. The van der Waals surface area contributed by atoms with Gasteiger partial charge >= 0.3 is 0 Å². The van der Waals surface area contributed by atoms with E-state index in [4.69, 9.17) is 10.9 Å². The molecule has 4 heteroatoms. The molecule has 20 heavy (non-hydrogen) atoms. The van der Waals surface area contributed by atoms with E-state index in [0.717, 1.165) is 31.1 Å². The number of hydrogen-bond acceptors (Lipinski definition) is 3. The number of rotatable bonds is 4. The Balaban J connectivity index is 2.09. The summed E-state index contributed by atoms with van der Waals surface area (Å²) in [6.07, 6.45) is 1.22. The summed E-state index contributed by atoms with van der Waals surface area (Å²) in [6.45, 7) is 7.62. The molecule has 4 nitrogen and oxygen atoms in total. The zero-order chi connectivity index (χ0) is 14.5. The lowest BCUT2D eigenvalue weighted by Crippen LogP contribution is -2.42.